The zero-order valence-electron chi connectivity index (χ0n) is 3.33. The maximum atomic E-state index is 3.22. The highest BCUT2D eigenvalue weighted by Crippen LogP contribution is 2.10. The lowest BCUT2D eigenvalue weighted by atomic mass is 11.3. The van der Waals surface area contributed by atoms with Gasteiger partial charge in [0.2, 0.25) is 0 Å². The zero-order valence-corrected chi connectivity index (χ0v) is 7.51. The van der Waals surface area contributed by atoms with Gasteiger partial charge in [0.05, 0.1) is 12.9 Å². The fourth-order valence-electron chi connectivity index (χ4n) is 0.109. The molecule has 0 aliphatic carbocycles. The Morgan fingerprint density at radius 2 is 2.17 bits per heavy atom. The van der Waals surface area contributed by atoms with Gasteiger partial charge in [0, 0.05) is 0 Å². The van der Waals surface area contributed by atoms with Crippen LogP contribution in [-0.2, 0) is 0 Å². The summed E-state index contributed by atoms with van der Waals surface area (Å²) in [5, 5.41) is 0. The molecule has 0 fully saturated rings. The molecule has 0 aromatic carbocycles. The topological polar surface area (TPSA) is 0 Å². The molecular weight excluding hydrogens is 224 g/mol. The van der Waals surface area contributed by atoms with E-state index in [4.69, 9.17) is 0 Å². The summed E-state index contributed by atoms with van der Waals surface area (Å²) in [4.78, 5) is 0. The maximum absolute atomic E-state index is 3.22. The second-order valence-electron chi connectivity index (χ2n) is 0.723. The van der Waals surface area contributed by atoms with E-state index in [1.807, 2.05) is 0 Å². The normalized spacial score (nSPS) is 7.83. The second kappa shape index (κ2) is 4.09. The van der Waals surface area contributed by atoms with Crippen molar-refractivity contribution in [3.05, 3.63) is 9.09 Å². The summed E-state index contributed by atoms with van der Waals surface area (Å²) in [7, 11) is 0.882. The Morgan fingerprint density at radius 3 is 2.17 bits per heavy atom. The monoisotopic (exact) mass is 226 g/mol. The van der Waals surface area contributed by atoms with Crippen LogP contribution in [0.1, 0.15) is 0 Å². The van der Waals surface area contributed by atoms with E-state index in [0.29, 0.717) is 0 Å². The lowest BCUT2D eigenvalue weighted by Gasteiger charge is -1.73. The van der Waals surface area contributed by atoms with Gasteiger partial charge in [-0.2, -0.15) is 0 Å². The minimum Gasteiger partial charge on any atom is -0.0783 e. The molecule has 0 rings (SSSR count). The minimum absolute atomic E-state index is 0.882. The van der Waals surface area contributed by atoms with Crippen molar-refractivity contribution in [2.75, 3.05) is 0 Å². The Hall–Kier alpha value is 0.917. The summed E-state index contributed by atoms with van der Waals surface area (Å²) < 4.78 is 1.05. The molecule has 3 heteroatoms. The van der Waals surface area contributed by atoms with Gasteiger partial charge in [-0.1, -0.05) is 12.2 Å². The molecular formula is C3H4Br2Si. The predicted octanol–water partition coefficient (Wildman–Crippen LogP) is 2.33. The molecule has 0 N–H and O–H groups in total. The molecule has 0 aliphatic rings. The first-order chi connectivity index (χ1) is 2.77. The SMILES string of the molecule is C[Si]C=C(Br)Br. The summed E-state index contributed by atoms with van der Waals surface area (Å²) in [6, 6.07) is 0. The Balaban J connectivity index is 3.14. The van der Waals surface area contributed by atoms with Crippen LogP contribution in [0.4, 0.5) is 0 Å². The molecule has 34 valence electrons. The molecule has 2 radical (unpaired) electrons. The van der Waals surface area contributed by atoms with Gasteiger partial charge in [0.15, 0.2) is 0 Å². The molecule has 0 nitrogen and oxygen atoms in total. The van der Waals surface area contributed by atoms with Gasteiger partial charge in [0.1, 0.15) is 0 Å². The van der Waals surface area contributed by atoms with Crippen LogP contribution < -0.4 is 0 Å². The molecule has 0 atom stereocenters. The predicted molar refractivity (Wildman–Crippen MR) is 37.6 cm³/mol. The van der Waals surface area contributed by atoms with E-state index in [-0.39, 0.29) is 0 Å². The first-order valence-corrected chi connectivity index (χ1v) is 4.62. The van der Waals surface area contributed by atoms with Crippen LogP contribution in [-0.4, -0.2) is 9.52 Å². The molecule has 0 amide bonds. The first kappa shape index (κ1) is 6.92. The van der Waals surface area contributed by atoms with Crippen LogP contribution >= 0.6 is 31.9 Å². The number of halogens is 2. The van der Waals surface area contributed by atoms with Crippen LogP contribution in [0.25, 0.3) is 0 Å². The highest BCUT2D eigenvalue weighted by molar-refractivity contribution is 9.28. The number of rotatable bonds is 1. The zero-order chi connectivity index (χ0) is 4.99. The van der Waals surface area contributed by atoms with Crippen molar-refractivity contribution in [1.29, 1.82) is 0 Å². The smallest absolute Gasteiger partial charge is 0.0691 e. The molecule has 0 aromatic rings. The Morgan fingerprint density at radius 1 is 1.67 bits per heavy atom. The van der Waals surface area contributed by atoms with E-state index in [1.54, 1.807) is 0 Å². The van der Waals surface area contributed by atoms with Crippen molar-refractivity contribution in [2.45, 2.75) is 6.55 Å². The van der Waals surface area contributed by atoms with E-state index < -0.39 is 0 Å². The molecule has 0 aromatic heterocycles. The van der Waals surface area contributed by atoms with E-state index in [1.165, 1.54) is 0 Å². The van der Waals surface area contributed by atoms with Crippen molar-refractivity contribution in [3.63, 3.8) is 0 Å². The molecule has 0 spiro atoms. The average molecular weight is 228 g/mol. The van der Waals surface area contributed by atoms with Gasteiger partial charge in [0.25, 0.3) is 0 Å². The van der Waals surface area contributed by atoms with Crippen molar-refractivity contribution in [1.82, 2.24) is 0 Å². The summed E-state index contributed by atoms with van der Waals surface area (Å²) in [5.41, 5.74) is 2.07. The van der Waals surface area contributed by atoms with Crippen LogP contribution in [0.5, 0.6) is 0 Å². The standard InChI is InChI=1S/C3H4Br2Si/c1-6-2-3(4)5/h2H,1H3. The molecule has 0 unspecified atom stereocenters. The van der Waals surface area contributed by atoms with Gasteiger partial charge in [-0.3, -0.25) is 0 Å². The Labute approximate surface area is 57.1 Å². The van der Waals surface area contributed by atoms with E-state index in [0.717, 1.165) is 12.9 Å². The quantitative estimate of drug-likeness (QED) is 0.604. The highest BCUT2D eigenvalue weighted by Gasteiger charge is 1.73. The van der Waals surface area contributed by atoms with Gasteiger partial charge in [-0.05, 0) is 31.9 Å². The third-order valence-electron chi connectivity index (χ3n) is 0.253. The minimum atomic E-state index is 0.882. The Bertz CT molecular complexity index is 55.8. The molecule has 0 heterocycles. The van der Waals surface area contributed by atoms with Gasteiger partial charge in [-0.15, -0.1) is 0 Å². The summed E-state index contributed by atoms with van der Waals surface area (Å²) in [5.74, 6) is 0. The molecule has 0 aliphatic heterocycles. The molecule has 0 bridgehead atoms. The molecule has 0 saturated heterocycles. The molecule has 0 saturated carbocycles. The summed E-state index contributed by atoms with van der Waals surface area (Å²) in [6.45, 7) is 2.11. The van der Waals surface area contributed by atoms with E-state index in [2.05, 4.69) is 44.1 Å². The maximum Gasteiger partial charge on any atom is 0.0691 e. The largest absolute Gasteiger partial charge is 0.0783 e. The van der Waals surface area contributed by atoms with Crippen LogP contribution in [0.3, 0.4) is 0 Å². The van der Waals surface area contributed by atoms with Gasteiger partial charge >= 0.3 is 0 Å². The van der Waals surface area contributed by atoms with Crippen molar-refractivity contribution < 1.29 is 0 Å². The lowest BCUT2D eigenvalue weighted by molar-refractivity contribution is 2.24. The van der Waals surface area contributed by atoms with Crippen LogP contribution in [0.2, 0.25) is 6.55 Å². The van der Waals surface area contributed by atoms with E-state index in [9.17, 15) is 0 Å². The van der Waals surface area contributed by atoms with Crippen LogP contribution in [0, 0.1) is 0 Å². The highest BCUT2D eigenvalue weighted by atomic mass is 79.9. The van der Waals surface area contributed by atoms with Crippen molar-refractivity contribution >= 4 is 41.4 Å². The fourth-order valence-corrected chi connectivity index (χ4v) is 1.70. The average Bonchev–Trinajstić information content (AvgIpc) is 1.35. The number of hydrogen-bond acceptors (Lipinski definition) is 0. The first-order valence-electron chi connectivity index (χ1n) is 1.46. The van der Waals surface area contributed by atoms with Crippen LogP contribution in [0.15, 0.2) is 9.09 Å². The lowest BCUT2D eigenvalue weighted by Crippen LogP contribution is -1.66. The third kappa shape index (κ3) is 4.92. The number of hydrogen-bond donors (Lipinski definition) is 0. The van der Waals surface area contributed by atoms with E-state index >= 15 is 0 Å². The molecule has 6 heavy (non-hydrogen) atoms. The third-order valence-corrected chi connectivity index (χ3v) is 2.13. The van der Waals surface area contributed by atoms with Crippen molar-refractivity contribution in [3.8, 4) is 0 Å². The Kier molecular flexibility index (Phi) is 4.71. The van der Waals surface area contributed by atoms with Gasteiger partial charge in [-0.25, -0.2) is 0 Å². The second-order valence-corrected chi connectivity index (χ2v) is 4.36. The van der Waals surface area contributed by atoms with Gasteiger partial charge < -0.3 is 0 Å². The van der Waals surface area contributed by atoms with Crippen molar-refractivity contribution in [2.24, 2.45) is 0 Å². The fraction of sp³-hybridized carbons (Fsp3) is 0.333. The summed E-state index contributed by atoms with van der Waals surface area (Å²) >= 11 is 6.44. The summed E-state index contributed by atoms with van der Waals surface area (Å²) in [6.07, 6.45) is 0.